The summed E-state index contributed by atoms with van der Waals surface area (Å²) in [6, 6.07) is 9.80. The van der Waals surface area contributed by atoms with Crippen molar-refractivity contribution in [3.8, 4) is 11.3 Å². The second-order valence-corrected chi connectivity index (χ2v) is 20.3. The van der Waals surface area contributed by atoms with Gasteiger partial charge in [-0.3, -0.25) is 4.79 Å². The number of hydrogen-bond acceptors (Lipinski definition) is 7. The van der Waals surface area contributed by atoms with Crippen LogP contribution in [0.4, 0.5) is 13.2 Å². The van der Waals surface area contributed by atoms with Crippen LogP contribution in [0, 0.1) is 33.5 Å². The van der Waals surface area contributed by atoms with Crippen molar-refractivity contribution in [1.82, 2.24) is 4.31 Å². The van der Waals surface area contributed by atoms with Crippen LogP contribution in [-0.4, -0.2) is 59.8 Å². The van der Waals surface area contributed by atoms with Crippen LogP contribution in [0.1, 0.15) is 79.8 Å². The Morgan fingerprint density at radius 3 is 2.46 bits per heavy atom. The molecule has 7 nitrogen and oxygen atoms in total. The van der Waals surface area contributed by atoms with Crippen LogP contribution < -0.4 is 0 Å². The Bertz CT molecular complexity index is 2170. The lowest BCUT2D eigenvalue weighted by Gasteiger charge is -2.71. The number of sulfonamides is 1. The minimum Gasteiger partial charge on any atom is -0.453 e. The monoisotopic (exact) mass is 803 g/mol. The Labute approximate surface area is 322 Å². The van der Waals surface area contributed by atoms with E-state index >= 15 is 0 Å². The van der Waals surface area contributed by atoms with Crippen LogP contribution >= 0.6 is 22.9 Å². The number of aliphatic hydroxyl groups excluding tert-OH is 1. The summed E-state index contributed by atoms with van der Waals surface area (Å²) in [5.41, 5.74) is -4.28. The highest BCUT2D eigenvalue weighted by Crippen LogP contribution is 2.78. The Morgan fingerprint density at radius 1 is 1.04 bits per heavy atom. The molecule has 2 heterocycles. The van der Waals surface area contributed by atoms with E-state index in [1.807, 2.05) is 23.6 Å². The number of halogens is 4. The first-order valence-corrected chi connectivity index (χ1v) is 21.7. The number of benzene rings is 1. The van der Waals surface area contributed by atoms with Gasteiger partial charge in [-0.15, -0.1) is 11.3 Å². The zero-order valence-electron chi connectivity index (χ0n) is 30.5. The number of rotatable bonds is 9. The van der Waals surface area contributed by atoms with Crippen molar-refractivity contribution >= 4 is 38.7 Å². The first-order chi connectivity index (χ1) is 25.3. The highest BCUT2D eigenvalue weighted by molar-refractivity contribution is 7.88. The number of carbonyl (C=O) groups is 1. The first kappa shape index (κ1) is 38.1. The quantitative estimate of drug-likeness (QED) is 0.165. The standard InChI is InChI=1S/C41H45ClF3NO6S2/c1-36-14-10-26(47)22-38(36)17-18-40(29(23-38)35(48)32-9-8-31(52-32)28-21-25(41(43,44)45)6-7-30(28)42)33(36)11-15-37(2)34(40)12-16-39(37,49)24-46(54(3,50)51)19-13-27-5-4-20-53-27/h4-9,17-18,20-21,23,26,33-34,47,49H,10-16,19,22,24H2,1-3H3/t26?,33-,34-,36-,37+,38+,39-,40-/m1/s1. The molecule has 0 aliphatic heterocycles. The van der Waals surface area contributed by atoms with Crippen LogP contribution in [0.2, 0.25) is 5.02 Å². The molecule has 2 aromatic heterocycles. The van der Waals surface area contributed by atoms with E-state index in [9.17, 15) is 36.6 Å². The number of nitrogens with zero attached hydrogens (tertiary/aromatic N) is 1. The number of ketones is 1. The molecule has 2 N–H and O–H groups in total. The first-order valence-electron chi connectivity index (χ1n) is 18.6. The minimum atomic E-state index is -4.60. The van der Waals surface area contributed by atoms with E-state index in [1.54, 1.807) is 11.3 Å². The van der Waals surface area contributed by atoms with Gasteiger partial charge in [-0.25, -0.2) is 8.42 Å². The Balaban J connectivity index is 1.20. The third-order valence-electron chi connectivity index (χ3n) is 14.4. The molecule has 3 saturated carbocycles. The summed E-state index contributed by atoms with van der Waals surface area (Å²) >= 11 is 7.92. The van der Waals surface area contributed by atoms with Gasteiger partial charge in [0.15, 0.2) is 5.76 Å². The smallest absolute Gasteiger partial charge is 0.416 e. The van der Waals surface area contributed by atoms with Crippen molar-refractivity contribution in [3.05, 3.63) is 92.9 Å². The molecule has 3 fully saturated rings. The van der Waals surface area contributed by atoms with E-state index in [2.05, 4.69) is 26.0 Å². The van der Waals surface area contributed by atoms with Crippen molar-refractivity contribution in [3.63, 3.8) is 0 Å². The van der Waals surface area contributed by atoms with E-state index in [-0.39, 0.29) is 52.4 Å². The number of carbonyl (C=O) groups excluding carboxylic acids is 1. The summed E-state index contributed by atoms with van der Waals surface area (Å²) in [6.45, 7) is 4.49. The van der Waals surface area contributed by atoms with Gasteiger partial charge in [0.2, 0.25) is 15.8 Å². The third-order valence-corrected chi connectivity index (χ3v) is 17.0. The number of Topliss-reactive ketones (excluding diaryl/α,β-unsaturated/α-hetero) is 1. The summed E-state index contributed by atoms with van der Waals surface area (Å²) in [6.07, 6.45) is 6.94. The summed E-state index contributed by atoms with van der Waals surface area (Å²) in [7, 11) is -3.68. The maximum Gasteiger partial charge on any atom is 0.416 e. The minimum absolute atomic E-state index is 0.0165. The molecular formula is C41H45ClF3NO6S2. The molecule has 0 amide bonds. The molecule has 1 aromatic carbocycles. The topological polar surface area (TPSA) is 108 Å². The molecule has 9 rings (SSSR count). The van der Waals surface area contributed by atoms with E-state index in [0.29, 0.717) is 50.5 Å². The fourth-order valence-corrected chi connectivity index (χ4v) is 13.3. The predicted octanol–water partition coefficient (Wildman–Crippen LogP) is 8.96. The molecule has 6 aliphatic rings. The maximum atomic E-state index is 15.0. The molecule has 3 aromatic rings. The van der Waals surface area contributed by atoms with Gasteiger partial charge in [0, 0.05) is 45.3 Å². The number of hydrogen-bond donors (Lipinski definition) is 2. The number of fused-ring (bicyclic) bond motifs is 1. The van der Waals surface area contributed by atoms with Crippen molar-refractivity contribution in [1.29, 1.82) is 0 Å². The number of allylic oxidation sites excluding steroid dienone is 4. The largest absolute Gasteiger partial charge is 0.453 e. The predicted molar refractivity (Wildman–Crippen MR) is 201 cm³/mol. The maximum absolute atomic E-state index is 15.0. The lowest BCUT2D eigenvalue weighted by Crippen LogP contribution is -2.67. The van der Waals surface area contributed by atoms with Crippen molar-refractivity contribution < 1.29 is 41.0 Å². The molecule has 0 saturated heterocycles. The van der Waals surface area contributed by atoms with Gasteiger partial charge in [0.05, 0.1) is 28.5 Å². The normalized spacial score (nSPS) is 35.8. The molecule has 290 valence electrons. The average Bonchev–Trinajstić information content (AvgIpc) is 3.86. The Kier molecular flexibility index (Phi) is 8.92. The fourth-order valence-electron chi connectivity index (χ4n) is 11.6. The van der Waals surface area contributed by atoms with Gasteiger partial charge in [-0.1, -0.05) is 49.7 Å². The SMILES string of the molecule is C[C@]12CC[C@H]3[C@]4(C=C[C@@]5(C=C4C(=O)c4ccc(-c6cc(C(F)(F)F)ccc6Cl)o4)CC(O)CC[C@]35C)[C@@H]1CC[C@@]2(O)CN(CCc1cccs1)S(C)(=O)=O. The highest BCUT2D eigenvalue weighted by atomic mass is 35.5. The van der Waals surface area contributed by atoms with Crippen molar-refractivity contribution in [2.75, 3.05) is 19.3 Å². The third kappa shape index (κ3) is 5.59. The van der Waals surface area contributed by atoms with Gasteiger partial charge < -0.3 is 14.6 Å². The van der Waals surface area contributed by atoms with E-state index in [1.165, 1.54) is 22.7 Å². The zero-order valence-corrected chi connectivity index (χ0v) is 32.8. The summed E-state index contributed by atoms with van der Waals surface area (Å²) in [4.78, 5) is 16.0. The van der Waals surface area contributed by atoms with Crippen LogP contribution in [0.3, 0.4) is 0 Å². The number of aliphatic hydroxyl groups is 2. The van der Waals surface area contributed by atoms with E-state index < -0.39 is 55.5 Å². The van der Waals surface area contributed by atoms with Gasteiger partial charge in [0.25, 0.3) is 0 Å². The average molecular weight is 804 g/mol. The van der Waals surface area contributed by atoms with E-state index in [4.69, 9.17) is 16.0 Å². The van der Waals surface area contributed by atoms with Crippen LogP contribution in [-0.2, 0) is 22.6 Å². The van der Waals surface area contributed by atoms with Crippen molar-refractivity contribution in [2.45, 2.75) is 83.1 Å². The van der Waals surface area contributed by atoms with Gasteiger partial charge >= 0.3 is 6.18 Å². The molecular weight excluding hydrogens is 759 g/mol. The zero-order chi connectivity index (χ0) is 38.7. The molecule has 6 aliphatic carbocycles. The van der Waals surface area contributed by atoms with Crippen molar-refractivity contribution in [2.24, 2.45) is 33.5 Å². The van der Waals surface area contributed by atoms with Gasteiger partial charge in [-0.2, -0.15) is 17.5 Å². The second kappa shape index (κ2) is 12.6. The van der Waals surface area contributed by atoms with E-state index in [0.717, 1.165) is 29.5 Å². The fraction of sp³-hybridized carbons (Fsp3) is 0.537. The molecule has 1 unspecified atom stereocenters. The van der Waals surface area contributed by atoms with Crippen LogP contribution in [0.25, 0.3) is 11.3 Å². The molecule has 2 spiro atoms. The Morgan fingerprint density at radius 2 is 1.76 bits per heavy atom. The van der Waals surface area contributed by atoms with Crippen LogP contribution in [0.5, 0.6) is 0 Å². The van der Waals surface area contributed by atoms with Gasteiger partial charge in [-0.05, 0) is 110 Å². The number of thiophene rings is 1. The number of furan rings is 1. The molecule has 13 heteroatoms. The molecule has 2 bridgehead atoms. The molecule has 0 radical (unpaired) electrons. The molecule has 54 heavy (non-hydrogen) atoms. The Hall–Kier alpha value is -2.74. The lowest BCUT2D eigenvalue weighted by molar-refractivity contribution is -0.173. The summed E-state index contributed by atoms with van der Waals surface area (Å²) < 4.78 is 74.8. The lowest BCUT2D eigenvalue weighted by atomic mass is 9.32. The highest BCUT2D eigenvalue weighted by Gasteiger charge is 2.74. The van der Waals surface area contributed by atoms with Crippen LogP contribution in [0.15, 0.2) is 76.1 Å². The number of alkyl halides is 3. The molecule has 8 atom stereocenters. The summed E-state index contributed by atoms with van der Waals surface area (Å²) in [5.74, 6) is -0.666. The summed E-state index contributed by atoms with van der Waals surface area (Å²) in [5, 5.41) is 25.8. The second-order valence-electron chi connectivity index (χ2n) is 16.9. The van der Waals surface area contributed by atoms with Gasteiger partial charge in [0.1, 0.15) is 5.76 Å².